The molecule has 0 atom stereocenters. The Labute approximate surface area is 254 Å². The minimum atomic E-state index is -4.61. The van der Waals surface area contributed by atoms with Gasteiger partial charge in [0.1, 0.15) is 11.5 Å². The molecule has 0 spiro atoms. The quantitative estimate of drug-likeness (QED) is 0.115. The third kappa shape index (κ3) is 9.51. The average molecular weight is 599 g/mol. The Morgan fingerprint density at radius 3 is 1.35 bits per heavy atom. The fraction of sp³-hybridized carbons (Fsp3) is 0.278. The zero-order chi connectivity index (χ0) is 31.0. The molecule has 0 unspecified atom stereocenters. The number of rotatable bonds is 14. The molecule has 0 fully saturated rings. The predicted octanol–water partition coefficient (Wildman–Crippen LogP) is 9.12. The van der Waals surface area contributed by atoms with Crippen LogP contribution in [0.15, 0.2) is 97.1 Å². The first-order valence-corrected chi connectivity index (χ1v) is 16.1. The zero-order valence-electron chi connectivity index (χ0n) is 25.2. The summed E-state index contributed by atoms with van der Waals surface area (Å²) in [4.78, 5) is 36.1. The molecule has 6 nitrogen and oxygen atoms in total. The van der Waals surface area contributed by atoms with Crippen LogP contribution in [0, 0.1) is 0 Å². The smallest absolute Gasteiger partial charge is 0.395 e. The highest BCUT2D eigenvalue weighted by Gasteiger charge is 2.26. The second-order valence-corrected chi connectivity index (χ2v) is 12.6. The lowest BCUT2D eigenvalue weighted by Crippen LogP contribution is -2.04. The van der Waals surface area contributed by atoms with Gasteiger partial charge in [-0.05, 0) is 71.2 Å². The molecule has 0 amide bonds. The molecule has 224 valence electrons. The number of phosphoric acid groups is 1. The van der Waals surface area contributed by atoms with Gasteiger partial charge in [0.15, 0.2) is 11.6 Å². The Morgan fingerprint density at radius 1 is 0.628 bits per heavy atom. The Morgan fingerprint density at radius 2 is 1.00 bits per heavy atom. The van der Waals surface area contributed by atoms with E-state index in [9.17, 15) is 19.0 Å². The van der Waals surface area contributed by atoms with Crippen molar-refractivity contribution in [3.8, 4) is 11.5 Å². The maximum atomic E-state index is 12.8. The van der Waals surface area contributed by atoms with Crippen molar-refractivity contribution >= 4 is 19.4 Å². The summed E-state index contributed by atoms with van der Waals surface area (Å²) in [6.45, 7) is 8.55. The monoisotopic (exact) mass is 598 g/mol. The lowest BCUT2D eigenvalue weighted by Gasteiger charge is -2.15. The molecule has 0 bridgehead atoms. The lowest BCUT2D eigenvalue weighted by atomic mass is 9.98. The van der Waals surface area contributed by atoms with Crippen LogP contribution in [0.4, 0.5) is 0 Å². The predicted molar refractivity (Wildman–Crippen MR) is 170 cm³/mol. The molecule has 4 aromatic rings. The summed E-state index contributed by atoms with van der Waals surface area (Å²) in [5.41, 5.74) is 5.39. The molecule has 0 saturated carbocycles. The van der Waals surface area contributed by atoms with Gasteiger partial charge in [-0.1, -0.05) is 100 Å². The molecule has 7 heteroatoms. The van der Waals surface area contributed by atoms with Crippen LogP contribution in [0.3, 0.4) is 0 Å². The van der Waals surface area contributed by atoms with Gasteiger partial charge in [-0.3, -0.25) is 14.5 Å². The van der Waals surface area contributed by atoms with E-state index in [2.05, 4.69) is 52.0 Å². The Kier molecular flexibility index (Phi) is 10.7. The summed E-state index contributed by atoms with van der Waals surface area (Å²) in [5, 5.41) is 0. The first kappa shape index (κ1) is 31.9. The average Bonchev–Trinajstić information content (AvgIpc) is 2.98. The standard InChI is InChI=1S/C36H39O6P/c1-25(2)29-17-11-27(12-18-29)15-21-35(37)31-7-5-9-33(23-31)41-43(39,40)42-34-10-6-8-32(24-34)36(38)22-16-28-13-19-30(20-14-28)26(3)4/h5-14,17-20,23-26H,15-16,21-22H2,1-4H3,(H,39,40). The summed E-state index contributed by atoms with van der Waals surface area (Å²) in [6.07, 6.45) is 1.76. The van der Waals surface area contributed by atoms with E-state index in [1.807, 2.05) is 24.3 Å². The molecule has 0 heterocycles. The number of phosphoric ester groups is 1. The van der Waals surface area contributed by atoms with Crippen LogP contribution >= 0.6 is 7.82 Å². The second-order valence-electron chi connectivity index (χ2n) is 11.3. The normalized spacial score (nSPS) is 11.5. The van der Waals surface area contributed by atoms with Gasteiger partial charge in [-0.2, -0.15) is 0 Å². The van der Waals surface area contributed by atoms with Crippen molar-refractivity contribution in [3.63, 3.8) is 0 Å². The van der Waals surface area contributed by atoms with Gasteiger partial charge in [0, 0.05) is 24.0 Å². The third-order valence-electron chi connectivity index (χ3n) is 7.33. The van der Waals surface area contributed by atoms with Crippen molar-refractivity contribution < 1.29 is 28.1 Å². The molecule has 43 heavy (non-hydrogen) atoms. The van der Waals surface area contributed by atoms with Crippen molar-refractivity contribution in [2.24, 2.45) is 0 Å². The topological polar surface area (TPSA) is 89.9 Å². The SMILES string of the molecule is CC(C)c1ccc(CCC(=O)c2cccc(OP(=O)(O)Oc3cccc(C(=O)CCc4ccc(C(C)C)cc4)c3)c2)cc1. The van der Waals surface area contributed by atoms with Crippen molar-refractivity contribution in [2.45, 2.75) is 65.2 Å². The van der Waals surface area contributed by atoms with Crippen LogP contribution in [-0.4, -0.2) is 16.5 Å². The first-order chi connectivity index (χ1) is 20.5. The van der Waals surface area contributed by atoms with Gasteiger partial charge in [-0.15, -0.1) is 0 Å². The number of hydrogen-bond acceptors (Lipinski definition) is 5. The summed E-state index contributed by atoms with van der Waals surface area (Å²) in [5.74, 6) is 0.755. The van der Waals surface area contributed by atoms with Crippen molar-refractivity contribution in [2.75, 3.05) is 0 Å². The Bertz CT molecular complexity index is 1470. The number of benzene rings is 4. The van der Waals surface area contributed by atoms with Crippen LogP contribution in [-0.2, 0) is 17.4 Å². The van der Waals surface area contributed by atoms with E-state index in [-0.39, 0.29) is 23.1 Å². The van der Waals surface area contributed by atoms with Crippen LogP contribution < -0.4 is 9.05 Å². The Balaban J connectivity index is 1.33. The Hall–Kier alpha value is -3.99. The number of carbonyl (C=O) groups excluding carboxylic acids is 2. The molecule has 4 rings (SSSR count). The highest BCUT2D eigenvalue weighted by atomic mass is 31.2. The molecule has 0 saturated heterocycles. The van der Waals surface area contributed by atoms with E-state index in [1.165, 1.54) is 35.4 Å². The summed E-state index contributed by atoms with van der Waals surface area (Å²) >= 11 is 0. The number of Topliss-reactive ketones (excluding diaryl/α,β-unsaturated/α-hetero) is 2. The molecule has 0 radical (unpaired) electrons. The lowest BCUT2D eigenvalue weighted by molar-refractivity contribution is 0.0975. The number of hydrogen-bond donors (Lipinski definition) is 1. The fourth-order valence-electron chi connectivity index (χ4n) is 4.68. The van der Waals surface area contributed by atoms with Gasteiger partial charge < -0.3 is 9.05 Å². The van der Waals surface area contributed by atoms with Crippen LogP contribution in [0.25, 0.3) is 0 Å². The zero-order valence-corrected chi connectivity index (χ0v) is 26.1. The van der Waals surface area contributed by atoms with E-state index < -0.39 is 7.82 Å². The van der Waals surface area contributed by atoms with Gasteiger partial charge in [0.25, 0.3) is 0 Å². The van der Waals surface area contributed by atoms with E-state index in [0.717, 1.165) is 11.1 Å². The highest BCUT2D eigenvalue weighted by molar-refractivity contribution is 7.48. The molecule has 0 aliphatic carbocycles. The van der Waals surface area contributed by atoms with Crippen LogP contribution in [0.1, 0.15) is 95.3 Å². The van der Waals surface area contributed by atoms with Gasteiger partial charge in [0.2, 0.25) is 0 Å². The number of ketones is 2. The maximum Gasteiger partial charge on any atom is 0.584 e. The van der Waals surface area contributed by atoms with Crippen molar-refractivity contribution in [1.82, 2.24) is 0 Å². The van der Waals surface area contributed by atoms with Gasteiger partial charge in [-0.25, -0.2) is 4.57 Å². The van der Waals surface area contributed by atoms with Crippen LogP contribution in [0.5, 0.6) is 11.5 Å². The first-order valence-electron chi connectivity index (χ1n) is 14.7. The molecule has 1 N–H and O–H groups in total. The molecule has 0 aliphatic rings. The molecule has 0 aliphatic heterocycles. The van der Waals surface area contributed by atoms with E-state index >= 15 is 0 Å². The molecule has 4 aromatic carbocycles. The molecular formula is C36H39O6P. The van der Waals surface area contributed by atoms with E-state index in [0.29, 0.717) is 48.6 Å². The van der Waals surface area contributed by atoms with Crippen molar-refractivity contribution in [1.29, 1.82) is 0 Å². The summed E-state index contributed by atoms with van der Waals surface area (Å²) < 4.78 is 23.4. The molecule has 0 aromatic heterocycles. The maximum absolute atomic E-state index is 12.8. The minimum Gasteiger partial charge on any atom is -0.395 e. The fourth-order valence-corrected chi connectivity index (χ4v) is 5.48. The second kappa shape index (κ2) is 14.5. The third-order valence-corrected chi connectivity index (χ3v) is 8.21. The summed E-state index contributed by atoms with van der Waals surface area (Å²) in [7, 11) is -4.61. The number of aryl methyl sites for hydroxylation is 2. The van der Waals surface area contributed by atoms with E-state index in [4.69, 9.17) is 9.05 Å². The van der Waals surface area contributed by atoms with Gasteiger partial charge >= 0.3 is 7.82 Å². The minimum absolute atomic E-state index is 0.0358. The highest BCUT2D eigenvalue weighted by Crippen LogP contribution is 2.44. The van der Waals surface area contributed by atoms with Crippen molar-refractivity contribution in [3.05, 3.63) is 130 Å². The summed E-state index contributed by atoms with van der Waals surface area (Å²) in [6, 6.07) is 28.8. The number of carbonyl (C=O) groups is 2. The largest absolute Gasteiger partial charge is 0.584 e. The van der Waals surface area contributed by atoms with Gasteiger partial charge in [0.05, 0.1) is 0 Å². The van der Waals surface area contributed by atoms with Crippen LogP contribution in [0.2, 0.25) is 0 Å². The molecular weight excluding hydrogens is 559 g/mol. The van der Waals surface area contributed by atoms with E-state index in [1.54, 1.807) is 24.3 Å².